The second-order valence-electron chi connectivity index (χ2n) is 6.59. The Bertz CT molecular complexity index is 676. The number of morpholine rings is 1. The molecule has 0 spiro atoms. The summed E-state index contributed by atoms with van der Waals surface area (Å²) in [6.45, 7) is 10.9. The van der Waals surface area contributed by atoms with Gasteiger partial charge in [-0.25, -0.2) is 9.97 Å². The Labute approximate surface area is 147 Å². The van der Waals surface area contributed by atoms with Gasteiger partial charge in [-0.05, 0) is 6.92 Å². The van der Waals surface area contributed by atoms with Gasteiger partial charge in [0, 0.05) is 63.8 Å². The minimum absolute atomic E-state index is 0.849. The van der Waals surface area contributed by atoms with E-state index in [1.54, 1.807) is 11.3 Å². The van der Waals surface area contributed by atoms with Crippen molar-refractivity contribution in [1.29, 1.82) is 0 Å². The number of aromatic nitrogens is 3. The lowest BCUT2D eigenvalue weighted by Gasteiger charge is -2.27. The molecule has 0 atom stereocenters. The highest BCUT2D eigenvalue weighted by atomic mass is 32.1. The number of rotatable bonds is 4. The minimum Gasteiger partial charge on any atom is -0.379 e. The average Bonchev–Trinajstić information content (AvgIpc) is 3.11. The van der Waals surface area contributed by atoms with Gasteiger partial charge in [0.2, 0.25) is 0 Å². The van der Waals surface area contributed by atoms with Crippen molar-refractivity contribution in [3.8, 4) is 0 Å². The smallest absolute Gasteiger partial charge is 0.110 e. The van der Waals surface area contributed by atoms with E-state index in [1.807, 2.05) is 0 Å². The standard InChI is InChI=1S/C17H25N5OS/c1-14-19-15(13-24-14)11-20-3-2-17-18-10-16(22(17)5-4-20)12-21-6-8-23-9-7-21/h10,13H,2-9,11-12H2,1H3. The van der Waals surface area contributed by atoms with Crippen LogP contribution in [-0.2, 0) is 30.8 Å². The van der Waals surface area contributed by atoms with E-state index in [9.17, 15) is 0 Å². The van der Waals surface area contributed by atoms with Crippen LogP contribution in [0.4, 0.5) is 0 Å². The maximum atomic E-state index is 5.45. The number of ether oxygens (including phenoxy) is 1. The van der Waals surface area contributed by atoms with Gasteiger partial charge in [-0.2, -0.15) is 0 Å². The molecule has 6 nitrogen and oxygen atoms in total. The molecule has 0 bridgehead atoms. The minimum atomic E-state index is 0.849. The van der Waals surface area contributed by atoms with Crippen molar-refractivity contribution >= 4 is 11.3 Å². The molecule has 4 rings (SSSR count). The van der Waals surface area contributed by atoms with E-state index in [2.05, 4.69) is 37.9 Å². The van der Waals surface area contributed by atoms with E-state index in [1.165, 1.54) is 17.2 Å². The molecule has 0 amide bonds. The third-order valence-corrected chi connectivity index (χ3v) is 5.68. The fraction of sp³-hybridized carbons (Fsp3) is 0.647. The summed E-state index contributed by atoms with van der Waals surface area (Å²) >= 11 is 1.74. The van der Waals surface area contributed by atoms with Gasteiger partial charge >= 0.3 is 0 Å². The lowest BCUT2D eigenvalue weighted by molar-refractivity contribution is 0.0331. The van der Waals surface area contributed by atoms with Gasteiger partial charge in [0.25, 0.3) is 0 Å². The molecule has 1 saturated heterocycles. The molecule has 7 heteroatoms. The SMILES string of the molecule is Cc1nc(CN2CCc3ncc(CN4CCOCC4)n3CC2)cs1. The maximum Gasteiger partial charge on any atom is 0.110 e. The highest BCUT2D eigenvalue weighted by Crippen LogP contribution is 2.16. The van der Waals surface area contributed by atoms with Crippen molar-refractivity contribution in [1.82, 2.24) is 24.3 Å². The van der Waals surface area contributed by atoms with Crippen molar-refractivity contribution < 1.29 is 4.74 Å². The van der Waals surface area contributed by atoms with Crippen LogP contribution in [-0.4, -0.2) is 63.7 Å². The molecule has 0 unspecified atom stereocenters. The summed E-state index contributed by atoms with van der Waals surface area (Å²) in [4.78, 5) is 14.3. The van der Waals surface area contributed by atoms with Crippen LogP contribution in [0.25, 0.3) is 0 Å². The summed E-state index contributed by atoms with van der Waals surface area (Å²) in [6, 6.07) is 0. The van der Waals surface area contributed by atoms with Crippen LogP contribution in [0.5, 0.6) is 0 Å². The molecule has 0 aromatic carbocycles. The van der Waals surface area contributed by atoms with Crippen LogP contribution >= 0.6 is 11.3 Å². The number of aryl methyl sites for hydroxylation is 1. The van der Waals surface area contributed by atoms with Gasteiger partial charge in [0.1, 0.15) is 5.82 Å². The lowest BCUT2D eigenvalue weighted by atomic mass is 10.3. The molecule has 2 aromatic rings. The van der Waals surface area contributed by atoms with E-state index in [4.69, 9.17) is 9.72 Å². The van der Waals surface area contributed by atoms with E-state index >= 15 is 0 Å². The zero-order chi connectivity index (χ0) is 16.4. The monoisotopic (exact) mass is 347 g/mol. The first-order valence-corrected chi connectivity index (χ1v) is 9.62. The second kappa shape index (κ2) is 7.31. The van der Waals surface area contributed by atoms with Gasteiger partial charge in [0.05, 0.1) is 29.6 Å². The topological polar surface area (TPSA) is 46.4 Å². The molecule has 24 heavy (non-hydrogen) atoms. The molecule has 2 aromatic heterocycles. The van der Waals surface area contributed by atoms with Crippen molar-refractivity contribution in [2.75, 3.05) is 39.4 Å². The molecule has 1 fully saturated rings. The Morgan fingerprint density at radius 3 is 2.71 bits per heavy atom. The van der Waals surface area contributed by atoms with Crippen LogP contribution in [0.3, 0.4) is 0 Å². The highest BCUT2D eigenvalue weighted by molar-refractivity contribution is 7.09. The fourth-order valence-electron chi connectivity index (χ4n) is 3.52. The third-order valence-electron chi connectivity index (χ3n) is 4.85. The van der Waals surface area contributed by atoms with Gasteiger partial charge in [-0.3, -0.25) is 9.80 Å². The molecule has 0 saturated carbocycles. The molecule has 0 N–H and O–H groups in total. The maximum absolute atomic E-state index is 5.45. The molecule has 130 valence electrons. The first-order valence-electron chi connectivity index (χ1n) is 8.75. The number of thiazole rings is 1. The number of hydrogen-bond acceptors (Lipinski definition) is 6. The fourth-order valence-corrected chi connectivity index (χ4v) is 4.12. The Kier molecular flexibility index (Phi) is 4.93. The number of hydrogen-bond donors (Lipinski definition) is 0. The van der Waals surface area contributed by atoms with Crippen LogP contribution in [0.2, 0.25) is 0 Å². The van der Waals surface area contributed by atoms with Crippen molar-refractivity contribution in [3.05, 3.63) is 33.8 Å². The Balaban J connectivity index is 1.39. The van der Waals surface area contributed by atoms with E-state index < -0.39 is 0 Å². The van der Waals surface area contributed by atoms with Gasteiger partial charge < -0.3 is 9.30 Å². The molecule has 2 aliphatic rings. The number of fused-ring (bicyclic) bond motifs is 1. The normalized spacial score (nSPS) is 20.0. The summed E-state index contributed by atoms with van der Waals surface area (Å²) < 4.78 is 7.88. The van der Waals surface area contributed by atoms with E-state index in [0.717, 1.165) is 70.5 Å². The Hall–Kier alpha value is -1.28. The molecule has 0 aliphatic carbocycles. The quantitative estimate of drug-likeness (QED) is 0.840. The van der Waals surface area contributed by atoms with Crippen molar-refractivity contribution in [3.63, 3.8) is 0 Å². The first-order chi connectivity index (χ1) is 11.8. The predicted molar refractivity (Wildman–Crippen MR) is 94.2 cm³/mol. The van der Waals surface area contributed by atoms with Crippen molar-refractivity contribution in [2.45, 2.75) is 33.0 Å². The van der Waals surface area contributed by atoms with Crippen LogP contribution in [0.1, 0.15) is 22.2 Å². The van der Waals surface area contributed by atoms with Crippen molar-refractivity contribution in [2.24, 2.45) is 0 Å². The van der Waals surface area contributed by atoms with Crippen LogP contribution in [0.15, 0.2) is 11.6 Å². The van der Waals surface area contributed by atoms with E-state index in [0.29, 0.717) is 0 Å². The van der Waals surface area contributed by atoms with Crippen LogP contribution < -0.4 is 0 Å². The largest absolute Gasteiger partial charge is 0.379 e. The van der Waals surface area contributed by atoms with Gasteiger partial charge in [-0.15, -0.1) is 11.3 Å². The molecular weight excluding hydrogens is 322 g/mol. The molecule has 4 heterocycles. The van der Waals surface area contributed by atoms with Crippen LogP contribution in [0, 0.1) is 6.92 Å². The number of nitrogens with zero attached hydrogens (tertiary/aromatic N) is 5. The van der Waals surface area contributed by atoms with E-state index in [-0.39, 0.29) is 0 Å². The number of imidazole rings is 1. The van der Waals surface area contributed by atoms with Gasteiger partial charge in [0.15, 0.2) is 0 Å². The molecule has 2 aliphatic heterocycles. The van der Waals surface area contributed by atoms with Gasteiger partial charge in [-0.1, -0.05) is 0 Å². The average molecular weight is 347 g/mol. The predicted octanol–water partition coefficient (Wildman–Crippen LogP) is 1.54. The summed E-state index contributed by atoms with van der Waals surface area (Å²) in [5, 5.41) is 3.34. The lowest BCUT2D eigenvalue weighted by Crippen LogP contribution is -2.36. The summed E-state index contributed by atoms with van der Waals surface area (Å²) in [5.41, 5.74) is 2.55. The second-order valence-corrected chi connectivity index (χ2v) is 7.65. The summed E-state index contributed by atoms with van der Waals surface area (Å²) in [6.07, 6.45) is 3.09. The molecular formula is C17H25N5OS. The zero-order valence-electron chi connectivity index (χ0n) is 14.3. The zero-order valence-corrected chi connectivity index (χ0v) is 15.1. The first kappa shape index (κ1) is 16.2. The highest BCUT2D eigenvalue weighted by Gasteiger charge is 2.20. The summed E-state index contributed by atoms with van der Waals surface area (Å²) in [7, 11) is 0. The third kappa shape index (κ3) is 3.69. The Morgan fingerprint density at radius 2 is 1.92 bits per heavy atom. The molecule has 0 radical (unpaired) electrons. The Morgan fingerprint density at radius 1 is 1.08 bits per heavy atom. The summed E-state index contributed by atoms with van der Waals surface area (Å²) in [5.74, 6) is 1.23.